The van der Waals surface area contributed by atoms with E-state index in [1.54, 1.807) is 6.33 Å². The van der Waals surface area contributed by atoms with Crippen LogP contribution in [0.4, 0.5) is 23.0 Å². The number of anilines is 4. The van der Waals surface area contributed by atoms with Gasteiger partial charge in [0.15, 0.2) is 11.6 Å². The van der Waals surface area contributed by atoms with Crippen molar-refractivity contribution in [3.05, 3.63) is 36.7 Å². The molecular formula is C16H23N5. The van der Waals surface area contributed by atoms with E-state index in [9.17, 15) is 0 Å². The van der Waals surface area contributed by atoms with Crippen LogP contribution >= 0.6 is 0 Å². The standard InChI is InChI=1S/C16H23N5/c1-12(2)9-10-18-15-14(17)16(20-11-19-15)21(3)13-7-5-4-6-8-13/h4-8,11-12H,9-10,17H2,1-3H3,(H,18,19,20). The molecule has 1 aromatic heterocycles. The molecule has 0 aliphatic heterocycles. The molecular weight excluding hydrogens is 262 g/mol. The van der Waals surface area contributed by atoms with Crippen molar-refractivity contribution in [1.29, 1.82) is 0 Å². The first kappa shape index (κ1) is 15.1. The van der Waals surface area contributed by atoms with E-state index in [4.69, 9.17) is 5.73 Å². The third kappa shape index (κ3) is 3.84. The Bertz CT molecular complexity index is 568. The Kier molecular flexibility index (Phi) is 4.98. The van der Waals surface area contributed by atoms with Gasteiger partial charge in [-0.2, -0.15) is 0 Å². The molecule has 21 heavy (non-hydrogen) atoms. The van der Waals surface area contributed by atoms with E-state index in [0.717, 1.165) is 18.7 Å². The topological polar surface area (TPSA) is 67.1 Å². The van der Waals surface area contributed by atoms with Crippen LogP contribution in [0.15, 0.2) is 36.7 Å². The molecule has 0 aliphatic rings. The molecule has 1 aromatic carbocycles. The van der Waals surface area contributed by atoms with Crippen molar-refractivity contribution in [2.45, 2.75) is 20.3 Å². The lowest BCUT2D eigenvalue weighted by atomic mass is 10.1. The van der Waals surface area contributed by atoms with Gasteiger partial charge in [0, 0.05) is 19.3 Å². The molecule has 1 heterocycles. The van der Waals surface area contributed by atoms with Crippen molar-refractivity contribution in [2.24, 2.45) is 5.92 Å². The van der Waals surface area contributed by atoms with Gasteiger partial charge in [-0.15, -0.1) is 0 Å². The number of rotatable bonds is 6. The minimum Gasteiger partial charge on any atom is -0.393 e. The van der Waals surface area contributed by atoms with Gasteiger partial charge in [0.2, 0.25) is 0 Å². The van der Waals surface area contributed by atoms with Gasteiger partial charge in [-0.05, 0) is 24.5 Å². The van der Waals surface area contributed by atoms with Crippen molar-refractivity contribution in [1.82, 2.24) is 9.97 Å². The molecule has 0 spiro atoms. The zero-order valence-corrected chi connectivity index (χ0v) is 12.9. The van der Waals surface area contributed by atoms with E-state index < -0.39 is 0 Å². The minimum absolute atomic E-state index is 0.576. The normalized spacial score (nSPS) is 10.7. The van der Waals surface area contributed by atoms with Gasteiger partial charge in [-0.1, -0.05) is 32.0 Å². The molecule has 0 fully saturated rings. The molecule has 5 heteroatoms. The van der Waals surface area contributed by atoms with Gasteiger partial charge in [0.25, 0.3) is 0 Å². The van der Waals surface area contributed by atoms with Crippen LogP contribution in [0, 0.1) is 5.92 Å². The highest BCUT2D eigenvalue weighted by molar-refractivity contribution is 5.78. The number of nitrogens with two attached hydrogens (primary N) is 1. The Morgan fingerprint density at radius 1 is 1.19 bits per heavy atom. The highest BCUT2D eigenvalue weighted by atomic mass is 15.2. The molecule has 0 aliphatic carbocycles. The van der Waals surface area contributed by atoms with E-state index in [1.807, 2.05) is 42.3 Å². The number of benzene rings is 1. The van der Waals surface area contributed by atoms with Crippen molar-refractivity contribution in [3.63, 3.8) is 0 Å². The summed E-state index contributed by atoms with van der Waals surface area (Å²) < 4.78 is 0. The Hall–Kier alpha value is -2.30. The SMILES string of the molecule is CC(C)CCNc1ncnc(N(C)c2ccccc2)c1N. The van der Waals surface area contributed by atoms with Crippen LogP contribution in [0.3, 0.4) is 0 Å². The third-order valence-corrected chi connectivity index (χ3v) is 3.34. The minimum atomic E-state index is 0.576. The first-order chi connectivity index (χ1) is 10.1. The zero-order valence-electron chi connectivity index (χ0n) is 12.9. The fraction of sp³-hybridized carbons (Fsp3) is 0.375. The van der Waals surface area contributed by atoms with E-state index in [1.165, 1.54) is 0 Å². The van der Waals surface area contributed by atoms with Crippen molar-refractivity contribution >= 4 is 23.0 Å². The quantitative estimate of drug-likeness (QED) is 0.852. The number of nitrogen functional groups attached to an aromatic ring is 1. The lowest BCUT2D eigenvalue weighted by Crippen LogP contribution is -2.16. The van der Waals surface area contributed by atoms with E-state index >= 15 is 0 Å². The van der Waals surface area contributed by atoms with Gasteiger partial charge in [-0.25, -0.2) is 9.97 Å². The molecule has 0 saturated carbocycles. The van der Waals surface area contributed by atoms with Crippen LogP contribution in [0.25, 0.3) is 0 Å². The summed E-state index contributed by atoms with van der Waals surface area (Å²) in [4.78, 5) is 10.5. The molecule has 2 rings (SSSR count). The average molecular weight is 285 g/mol. The second kappa shape index (κ2) is 6.92. The van der Waals surface area contributed by atoms with Gasteiger partial charge in [0.05, 0.1) is 0 Å². The third-order valence-electron chi connectivity index (χ3n) is 3.34. The molecule has 3 N–H and O–H groups in total. The van der Waals surface area contributed by atoms with Crippen molar-refractivity contribution < 1.29 is 0 Å². The van der Waals surface area contributed by atoms with Crippen LogP contribution in [-0.4, -0.2) is 23.6 Å². The van der Waals surface area contributed by atoms with E-state index in [-0.39, 0.29) is 0 Å². The predicted octanol–water partition coefficient (Wildman–Crippen LogP) is 3.28. The number of hydrogen-bond acceptors (Lipinski definition) is 5. The van der Waals surface area contributed by atoms with Gasteiger partial charge >= 0.3 is 0 Å². The Labute approximate surface area is 126 Å². The lowest BCUT2D eigenvalue weighted by Gasteiger charge is -2.21. The summed E-state index contributed by atoms with van der Waals surface area (Å²) in [7, 11) is 1.95. The Balaban J connectivity index is 2.17. The van der Waals surface area contributed by atoms with Crippen molar-refractivity contribution in [2.75, 3.05) is 29.5 Å². The first-order valence-electron chi connectivity index (χ1n) is 7.22. The molecule has 0 unspecified atom stereocenters. The summed E-state index contributed by atoms with van der Waals surface area (Å²) in [5.41, 5.74) is 7.82. The molecule has 0 bridgehead atoms. The summed E-state index contributed by atoms with van der Waals surface area (Å²) in [6, 6.07) is 10.0. The fourth-order valence-electron chi connectivity index (χ4n) is 2.05. The van der Waals surface area contributed by atoms with Crippen LogP contribution in [-0.2, 0) is 0 Å². The predicted molar refractivity (Wildman–Crippen MR) is 88.9 cm³/mol. The highest BCUT2D eigenvalue weighted by Crippen LogP contribution is 2.30. The second-order valence-corrected chi connectivity index (χ2v) is 5.46. The van der Waals surface area contributed by atoms with Gasteiger partial charge in [0.1, 0.15) is 12.0 Å². The Morgan fingerprint density at radius 2 is 1.90 bits per heavy atom. The molecule has 112 valence electrons. The number of aromatic nitrogens is 2. The molecule has 0 amide bonds. The number of nitrogens with one attached hydrogen (secondary N) is 1. The van der Waals surface area contributed by atoms with Crippen LogP contribution < -0.4 is 16.0 Å². The smallest absolute Gasteiger partial charge is 0.161 e. The van der Waals surface area contributed by atoms with Crippen molar-refractivity contribution in [3.8, 4) is 0 Å². The monoisotopic (exact) mass is 285 g/mol. The maximum atomic E-state index is 6.21. The van der Waals surface area contributed by atoms with Crippen LogP contribution in [0.5, 0.6) is 0 Å². The second-order valence-electron chi connectivity index (χ2n) is 5.46. The summed E-state index contributed by atoms with van der Waals surface area (Å²) in [6.07, 6.45) is 2.62. The first-order valence-corrected chi connectivity index (χ1v) is 7.22. The molecule has 2 aromatic rings. The van der Waals surface area contributed by atoms with E-state index in [0.29, 0.717) is 23.2 Å². The van der Waals surface area contributed by atoms with Gasteiger partial charge in [-0.3, -0.25) is 0 Å². The van der Waals surface area contributed by atoms with Crippen LogP contribution in [0.2, 0.25) is 0 Å². The number of nitrogens with zero attached hydrogens (tertiary/aromatic N) is 3. The average Bonchev–Trinajstić information content (AvgIpc) is 2.49. The summed E-state index contributed by atoms with van der Waals surface area (Å²) in [6.45, 7) is 5.24. The summed E-state index contributed by atoms with van der Waals surface area (Å²) in [5.74, 6) is 2.05. The lowest BCUT2D eigenvalue weighted by molar-refractivity contribution is 0.606. The maximum absolute atomic E-state index is 6.21. The fourth-order valence-corrected chi connectivity index (χ4v) is 2.05. The van der Waals surface area contributed by atoms with Gasteiger partial charge < -0.3 is 16.0 Å². The molecule has 5 nitrogen and oxygen atoms in total. The number of hydrogen-bond donors (Lipinski definition) is 2. The molecule has 0 atom stereocenters. The van der Waals surface area contributed by atoms with E-state index in [2.05, 4.69) is 29.1 Å². The Morgan fingerprint density at radius 3 is 2.57 bits per heavy atom. The van der Waals surface area contributed by atoms with Crippen LogP contribution in [0.1, 0.15) is 20.3 Å². The summed E-state index contributed by atoms with van der Waals surface area (Å²) in [5, 5.41) is 3.29. The summed E-state index contributed by atoms with van der Waals surface area (Å²) >= 11 is 0. The molecule has 0 saturated heterocycles. The highest BCUT2D eigenvalue weighted by Gasteiger charge is 2.13. The zero-order chi connectivity index (χ0) is 15.2. The molecule has 0 radical (unpaired) electrons. The largest absolute Gasteiger partial charge is 0.393 e. The maximum Gasteiger partial charge on any atom is 0.161 e. The number of para-hydroxylation sites is 1.